The molecule has 3 rings (SSSR count). The summed E-state index contributed by atoms with van der Waals surface area (Å²) in [5.74, 6) is -0.179. The number of ketones is 1. The smallest absolute Gasteiger partial charge is 0.254 e. The number of carbonyl (C=O) groups excluding carboxylic acids is 3. The van der Waals surface area contributed by atoms with E-state index in [9.17, 15) is 14.4 Å². The summed E-state index contributed by atoms with van der Waals surface area (Å²) in [5, 5.41) is 2.33. The molecule has 5 nitrogen and oxygen atoms in total. The number of thiophene rings is 1. The van der Waals surface area contributed by atoms with Gasteiger partial charge in [0.1, 0.15) is 0 Å². The molecule has 0 unspecified atom stereocenters. The third kappa shape index (κ3) is 4.14. The van der Waals surface area contributed by atoms with Crippen LogP contribution in [0.2, 0.25) is 5.02 Å². The molecule has 0 bridgehead atoms. The molecular formula is C19H19ClN2O3S. The molecule has 7 heteroatoms. The molecule has 26 heavy (non-hydrogen) atoms. The van der Waals surface area contributed by atoms with Gasteiger partial charge >= 0.3 is 0 Å². The molecule has 2 aromatic rings. The molecule has 1 saturated heterocycles. The van der Waals surface area contributed by atoms with Gasteiger partial charge in [-0.1, -0.05) is 29.8 Å². The highest BCUT2D eigenvalue weighted by Gasteiger charge is 2.25. The Morgan fingerprint density at radius 3 is 2.65 bits per heavy atom. The van der Waals surface area contributed by atoms with Crippen molar-refractivity contribution in [2.75, 3.05) is 19.6 Å². The lowest BCUT2D eigenvalue weighted by molar-refractivity contribution is -0.130. The first-order chi connectivity index (χ1) is 12.5. The van der Waals surface area contributed by atoms with E-state index < -0.39 is 0 Å². The van der Waals surface area contributed by atoms with E-state index in [4.69, 9.17) is 11.6 Å². The van der Waals surface area contributed by atoms with Gasteiger partial charge in [0.05, 0.1) is 10.4 Å². The van der Waals surface area contributed by atoms with Gasteiger partial charge in [0, 0.05) is 43.0 Å². The van der Waals surface area contributed by atoms with Crippen LogP contribution in [0, 0.1) is 0 Å². The number of carbonyl (C=O) groups is 3. The molecule has 0 N–H and O–H groups in total. The fourth-order valence-electron chi connectivity index (χ4n) is 2.88. The summed E-state index contributed by atoms with van der Waals surface area (Å²) >= 11 is 7.46. The van der Waals surface area contributed by atoms with E-state index >= 15 is 0 Å². The number of benzene rings is 1. The van der Waals surface area contributed by atoms with Crippen LogP contribution in [0.5, 0.6) is 0 Å². The molecule has 1 aromatic carbocycles. The SMILES string of the molecule is CC(=O)c1cc(C(=O)N2CCC(=O)N(Cc3ccccc3Cl)CC2)cs1. The number of amides is 2. The average molecular weight is 391 g/mol. The van der Waals surface area contributed by atoms with Crippen molar-refractivity contribution in [1.29, 1.82) is 0 Å². The van der Waals surface area contributed by atoms with Gasteiger partial charge in [0.15, 0.2) is 5.78 Å². The summed E-state index contributed by atoms with van der Waals surface area (Å²) in [4.78, 5) is 40.5. The maximum absolute atomic E-state index is 12.7. The molecule has 0 spiro atoms. The average Bonchev–Trinajstić information content (AvgIpc) is 3.05. The molecule has 0 saturated carbocycles. The van der Waals surface area contributed by atoms with Crippen LogP contribution in [0.15, 0.2) is 35.7 Å². The van der Waals surface area contributed by atoms with Crippen LogP contribution < -0.4 is 0 Å². The number of Topliss-reactive ketones (excluding diaryl/α,β-unsaturated/α-hetero) is 1. The van der Waals surface area contributed by atoms with Crippen molar-refractivity contribution in [3.05, 3.63) is 56.7 Å². The van der Waals surface area contributed by atoms with Gasteiger partial charge in [-0.2, -0.15) is 0 Å². The van der Waals surface area contributed by atoms with Crippen molar-refractivity contribution in [3.8, 4) is 0 Å². The Hall–Kier alpha value is -2.18. The van der Waals surface area contributed by atoms with E-state index in [0.717, 1.165) is 5.56 Å². The maximum Gasteiger partial charge on any atom is 0.254 e. The Balaban J connectivity index is 1.68. The predicted octanol–water partition coefficient (Wildman–Crippen LogP) is 3.48. The second kappa shape index (κ2) is 8.01. The molecule has 0 aliphatic carbocycles. The van der Waals surface area contributed by atoms with Crippen LogP contribution in [0.25, 0.3) is 0 Å². The summed E-state index contributed by atoms with van der Waals surface area (Å²) in [5.41, 5.74) is 1.40. The van der Waals surface area contributed by atoms with Crippen LogP contribution in [0.3, 0.4) is 0 Å². The second-order valence-corrected chi connectivity index (χ2v) is 7.52. The summed E-state index contributed by atoms with van der Waals surface area (Å²) in [7, 11) is 0. The zero-order valence-electron chi connectivity index (χ0n) is 14.4. The first kappa shape index (κ1) is 18.6. The van der Waals surface area contributed by atoms with Crippen molar-refractivity contribution >= 4 is 40.5 Å². The lowest BCUT2D eigenvalue weighted by atomic mass is 10.2. The molecular weight excluding hydrogens is 372 g/mol. The Labute approximate surface area is 161 Å². The van der Waals surface area contributed by atoms with Gasteiger partial charge < -0.3 is 9.80 Å². The van der Waals surface area contributed by atoms with E-state index in [0.29, 0.717) is 41.6 Å². The monoisotopic (exact) mass is 390 g/mol. The lowest BCUT2D eigenvalue weighted by Gasteiger charge is -2.22. The molecule has 2 amide bonds. The molecule has 1 aliphatic heterocycles. The van der Waals surface area contributed by atoms with Crippen molar-refractivity contribution in [3.63, 3.8) is 0 Å². The summed E-state index contributed by atoms with van der Waals surface area (Å²) in [6, 6.07) is 9.08. The van der Waals surface area contributed by atoms with Gasteiger partial charge in [0.25, 0.3) is 5.91 Å². The van der Waals surface area contributed by atoms with E-state index in [1.165, 1.54) is 18.3 Å². The normalized spacial score (nSPS) is 15.1. The number of hydrogen-bond acceptors (Lipinski definition) is 4. The van der Waals surface area contributed by atoms with Crippen LogP contribution >= 0.6 is 22.9 Å². The van der Waals surface area contributed by atoms with Crippen molar-refractivity contribution in [1.82, 2.24) is 9.80 Å². The zero-order valence-corrected chi connectivity index (χ0v) is 16.0. The number of hydrogen-bond donors (Lipinski definition) is 0. The minimum Gasteiger partial charge on any atom is -0.336 e. The van der Waals surface area contributed by atoms with Crippen molar-refractivity contribution in [2.24, 2.45) is 0 Å². The Morgan fingerprint density at radius 1 is 1.19 bits per heavy atom. The summed E-state index contributed by atoms with van der Waals surface area (Å²) in [6.45, 7) is 3.21. The van der Waals surface area contributed by atoms with Gasteiger partial charge in [-0.15, -0.1) is 11.3 Å². The van der Waals surface area contributed by atoms with Crippen molar-refractivity contribution < 1.29 is 14.4 Å². The van der Waals surface area contributed by atoms with Crippen molar-refractivity contribution in [2.45, 2.75) is 19.9 Å². The fourth-order valence-corrected chi connectivity index (χ4v) is 3.86. The van der Waals surface area contributed by atoms with E-state index in [-0.39, 0.29) is 24.0 Å². The van der Waals surface area contributed by atoms with E-state index in [1.807, 2.05) is 18.2 Å². The van der Waals surface area contributed by atoms with Crippen LogP contribution in [-0.2, 0) is 11.3 Å². The van der Waals surface area contributed by atoms with Crippen LogP contribution in [0.1, 0.15) is 38.9 Å². The summed E-state index contributed by atoms with van der Waals surface area (Å²) in [6.07, 6.45) is 0.278. The third-order valence-electron chi connectivity index (χ3n) is 4.39. The Bertz CT molecular complexity index is 849. The van der Waals surface area contributed by atoms with Crippen LogP contribution in [-0.4, -0.2) is 47.0 Å². The summed E-state index contributed by atoms with van der Waals surface area (Å²) < 4.78 is 0. The molecule has 0 radical (unpaired) electrons. The molecule has 2 heterocycles. The van der Waals surface area contributed by atoms with Crippen LogP contribution in [0.4, 0.5) is 0 Å². The molecule has 1 aliphatic rings. The standard InChI is InChI=1S/C19H19ClN2O3S/c1-13(23)17-10-15(12-26-17)19(25)21-7-6-18(24)22(9-8-21)11-14-4-2-3-5-16(14)20/h2-5,10,12H,6-9,11H2,1H3. The Kier molecular flexibility index (Phi) is 5.74. The second-order valence-electron chi connectivity index (χ2n) is 6.20. The van der Waals surface area contributed by atoms with E-state index in [1.54, 1.807) is 27.3 Å². The first-order valence-electron chi connectivity index (χ1n) is 8.35. The third-order valence-corrected chi connectivity index (χ3v) is 5.79. The number of rotatable bonds is 4. The highest BCUT2D eigenvalue weighted by molar-refractivity contribution is 7.12. The minimum atomic E-state index is -0.138. The predicted molar refractivity (Wildman–Crippen MR) is 102 cm³/mol. The molecule has 0 atom stereocenters. The Morgan fingerprint density at radius 2 is 1.96 bits per heavy atom. The first-order valence-corrected chi connectivity index (χ1v) is 9.61. The molecule has 1 fully saturated rings. The number of nitrogens with zero attached hydrogens (tertiary/aromatic N) is 2. The van der Waals surface area contributed by atoms with Gasteiger partial charge in [-0.05, 0) is 24.6 Å². The lowest BCUT2D eigenvalue weighted by Crippen LogP contribution is -2.35. The van der Waals surface area contributed by atoms with Gasteiger partial charge in [-0.25, -0.2) is 0 Å². The zero-order chi connectivity index (χ0) is 18.7. The highest BCUT2D eigenvalue weighted by atomic mass is 35.5. The van der Waals surface area contributed by atoms with Gasteiger partial charge in [-0.3, -0.25) is 14.4 Å². The highest BCUT2D eigenvalue weighted by Crippen LogP contribution is 2.20. The molecule has 1 aromatic heterocycles. The largest absolute Gasteiger partial charge is 0.336 e. The minimum absolute atomic E-state index is 0.00923. The molecule has 136 valence electrons. The number of halogens is 1. The topological polar surface area (TPSA) is 57.7 Å². The van der Waals surface area contributed by atoms with E-state index in [2.05, 4.69) is 0 Å². The quantitative estimate of drug-likeness (QED) is 0.751. The van der Waals surface area contributed by atoms with Gasteiger partial charge in [0.2, 0.25) is 5.91 Å². The fraction of sp³-hybridized carbons (Fsp3) is 0.316. The maximum atomic E-state index is 12.7.